The molecule has 0 nitrogen and oxygen atoms in total. The van der Waals surface area contributed by atoms with Crippen LogP contribution in [0.2, 0.25) is 0 Å². The minimum atomic E-state index is 0.678. The van der Waals surface area contributed by atoms with Gasteiger partial charge in [0, 0.05) is 27.0 Å². The monoisotopic (exact) mass is 322 g/mol. The maximum atomic E-state index is 5.64. The number of allylic oxidation sites excluding steroid dienone is 1. The van der Waals surface area contributed by atoms with E-state index in [4.69, 9.17) is 11.6 Å². The van der Waals surface area contributed by atoms with E-state index >= 15 is 0 Å². The highest BCUT2D eigenvalue weighted by molar-refractivity contribution is 9.12. The van der Waals surface area contributed by atoms with E-state index in [-0.39, 0.29) is 0 Å². The zero-order valence-corrected chi connectivity index (χ0v) is 12.5. The zero-order chi connectivity index (χ0) is 12.8. The van der Waals surface area contributed by atoms with E-state index in [1.807, 2.05) is 0 Å². The van der Waals surface area contributed by atoms with E-state index in [0.29, 0.717) is 11.8 Å². The minimum absolute atomic E-state index is 0.678. The molecule has 0 aliphatic heterocycles. The summed E-state index contributed by atoms with van der Waals surface area (Å²) in [7, 11) is 0. The second-order valence-electron chi connectivity index (χ2n) is 4.77. The van der Waals surface area contributed by atoms with Crippen molar-refractivity contribution in [1.82, 2.24) is 0 Å². The number of hydrogen-bond donors (Lipinski definition) is 0. The molecule has 1 aromatic carbocycles. The molecule has 0 heterocycles. The van der Waals surface area contributed by atoms with E-state index < -0.39 is 0 Å². The van der Waals surface area contributed by atoms with Crippen molar-refractivity contribution >= 4 is 27.5 Å². The van der Waals surface area contributed by atoms with Crippen LogP contribution in [0.4, 0.5) is 0 Å². The molecule has 2 rings (SSSR count). The van der Waals surface area contributed by atoms with Crippen LogP contribution in [0.25, 0.3) is 0 Å². The smallest absolute Gasteiger partial charge is 0.0254 e. The van der Waals surface area contributed by atoms with Crippen molar-refractivity contribution in [3.05, 3.63) is 47.0 Å². The largest absolute Gasteiger partial charge is 0.0933 e. The summed E-state index contributed by atoms with van der Waals surface area (Å²) in [6.07, 6.45) is 7.14. The second-order valence-corrected chi connectivity index (χ2v) is 5.42. The third-order valence-corrected chi connectivity index (χ3v) is 4.03. The number of halogens is 2. The molecule has 0 saturated heterocycles. The fourth-order valence-corrected chi connectivity index (χ4v) is 3.08. The van der Waals surface area contributed by atoms with Gasteiger partial charge in [-0.15, -0.1) is 0 Å². The molecule has 0 unspecified atom stereocenters. The molecule has 1 aliphatic rings. The molecule has 1 aliphatic carbocycles. The molecule has 1 fully saturated rings. The third kappa shape index (κ3) is 3.64. The van der Waals surface area contributed by atoms with Gasteiger partial charge in [0.15, 0.2) is 0 Å². The molecule has 18 heavy (non-hydrogen) atoms. The summed E-state index contributed by atoms with van der Waals surface area (Å²) in [5.41, 5.74) is 4.18. The molecule has 94 valence electrons. The third-order valence-electron chi connectivity index (χ3n) is 3.69. The Morgan fingerprint density at radius 1 is 1.11 bits per heavy atom. The number of benzene rings is 1. The first kappa shape index (κ1) is 13.7. The zero-order valence-electron chi connectivity index (χ0n) is 10.2. The Bertz CT molecular complexity index is 456. The van der Waals surface area contributed by atoms with E-state index in [0.717, 1.165) is 5.56 Å². The Morgan fingerprint density at radius 2 is 1.78 bits per heavy atom. The predicted molar refractivity (Wildman–Crippen MR) is 81.9 cm³/mol. The minimum Gasteiger partial charge on any atom is -0.0933 e. The lowest BCUT2D eigenvalue weighted by molar-refractivity contribution is 0.376. The summed E-state index contributed by atoms with van der Waals surface area (Å²) >= 11 is 8.76. The molecule has 1 aromatic rings. The van der Waals surface area contributed by atoms with Crippen LogP contribution < -0.4 is 0 Å². The van der Waals surface area contributed by atoms with Gasteiger partial charge in [0.2, 0.25) is 0 Å². The van der Waals surface area contributed by atoms with E-state index in [2.05, 4.69) is 57.0 Å². The topological polar surface area (TPSA) is 0 Å². The van der Waals surface area contributed by atoms with Crippen molar-refractivity contribution in [3.63, 3.8) is 0 Å². The van der Waals surface area contributed by atoms with Gasteiger partial charge < -0.3 is 0 Å². The van der Waals surface area contributed by atoms with Gasteiger partial charge in [-0.25, -0.2) is 0 Å². The van der Waals surface area contributed by atoms with Gasteiger partial charge in [-0.05, 0) is 60.0 Å². The maximum Gasteiger partial charge on any atom is 0.0254 e. The summed E-state index contributed by atoms with van der Waals surface area (Å²) in [4.78, 5) is 2.75. The molecule has 0 aromatic heterocycles. The van der Waals surface area contributed by atoms with E-state index in [1.54, 1.807) is 5.54 Å². The maximum absolute atomic E-state index is 5.64. The van der Waals surface area contributed by atoms with Crippen molar-refractivity contribution in [2.75, 3.05) is 0 Å². The molecule has 0 atom stereocenters. The summed E-state index contributed by atoms with van der Waals surface area (Å²) in [5, 5.41) is 0. The normalized spacial score (nSPS) is 23.7. The number of rotatable bonds is 2. The molecule has 0 spiro atoms. The SMILES string of the molecule is ClC=CC1CCC(c2ccc(C#CBr)cc2)CC1. The molecule has 0 amide bonds. The van der Waals surface area contributed by atoms with Crippen LogP contribution in [0, 0.1) is 16.7 Å². The molecule has 0 bridgehead atoms. The summed E-state index contributed by atoms with van der Waals surface area (Å²) in [6.45, 7) is 0. The van der Waals surface area contributed by atoms with E-state index in [1.165, 1.54) is 31.2 Å². The molecular formula is C16H16BrCl. The van der Waals surface area contributed by atoms with Gasteiger partial charge in [0.05, 0.1) is 0 Å². The fourth-order valence-electron chi connectivity index (χ4n) is 2.64. The van der Waals surface area contributed by atoms with Crippen LogP contribution in [-0.2, 0) is 0 Å². The Balaban J connectivity index is 1.98. The Hall–Kier alpha value is -0.710. The molecular weight excluding hydrogens is 308 g/mol. The first-order chi connectivity index (χ1) is 8.83. The summed E-state index contributed by atoms with van der Waals surface area (Å²) in [5.74, 6) is 4.39. The highest BCUT2D eigenvalue weighted by Crippen LogP contribution is 2.36. The van der Waals surface area contributed by atoms with Crippen molar-refractivity contribution in [3.8, 4) is 10.8 Å². The van der Waals surface area contributed by atoms with Crippen LogP contribution in [0.5, 0.6) is 0 Å². The molecule has 0 N–H and O–H groups in total. The first-order valence-corrected chi connectivity index (χ1v) is 7.55. The Kier molecular flexibility index (Phi) is 5.35. The molecule has 0 radical (unpaired) electrons. The van der Waals surface area contributed by atoms with Gasteiger partial charge >= 0.3 is 0 Å². The van der Waals surface area contributed by atoms with Crippen molar-refractivity contribution in [2.24, 2.45) is 5.92 Å². The standard InChI is InChI=1S/C16H16BrCl/c17-11-9-13-1-5-15(6-2-13)16-7-3-14(4-8-16)10-12-18/h1-2,5-6,10,12,14,16H,3-4,7-8H2. The average molecular weight is 324 g/mol. The van der Waals surface area contributed by atoms with Crippen LogP contribution in [0.15, 0.2) is 35.9 Å². The highest BCUT2D eigenvalue weighted by Gasteiger charge is 2.20. The van der Waals surface area contributed by atoms with Crippen LogP contribution >= 0.6 is 27.5 Å². The summed E-state index contributed by atoms with van der Waals surface area (Å²) < 4.78 is 0. The lowest BCUT2D eigenvalue weighted by Gasteiger charge is -2.27. The van der Waals surface area contributed by atoms with E-state index in [9.17, 15) is 0 Å². The molecule has 1 saturated carbocycles. The van der Waals surface area contributed by atoms with Gasteiger partial charge in [0.25, 0.3) is 0 Å². The van der Waals surface area contributed by atoms with Gasteiger partial charge in [-0.3, -0.25) is 0 Å². The van der Waals surface area contributed by atoms with Crippen LogP contribution in [-0.4, -0.2) is 0 Å². The van der Waals surface area contributed by atoms with Gasteiger partial charge in [0.1, 0.15) is 0 Å². The van der Waals surface area contributed by atoms with Crippen LogP contribution in [0.3, 0.4) is 0 Å². The van der Waals surface area contributed by atoms with Gasteiger partial charge in [-0.2, -0.15) is 0 Å². The van der Waals surface area contributed by atoms with Crippen LogP contribution in [0.1, 0.15) is 42.7 Å². The lowest BCUT2D eigenvalue weighted by Crippen LogP contribution is -2.11. The quantitative estimate of drug-likeness (QED) is 0.638. The fraction of sp³-hybridized carbons (Fsp3) is 0.375. The molecule has 2 heteroatoms. The van der Waals surface area contributed by atoms with Crippen molar-refractivity contribution < 1.29 is 0 Å². The predicted octanol–water partition coefficient (Wildman–Crippen LogP) is 5.42. The second kappa shape index (κ2) is 7.02. The number of hydrogen-bond acceptors (Lipinski definition) is 0. The highest BCUT2D eigenvalue weighted by atomic mass is 79.9. The van der Waals surface area contributed by atoms with Crippen molar-refractivity contribution in [1.29, 1.82) is 0 Å². The Morgan fingerprint density at radius 3 is 2.33 bits per heavy atom. The van der Waals surface area contributed by atoms with Crippen molar-refractivity contribution in [2.45, 2.75) is 31.6 Å². The lowest BCUT2D eigenvalue weighted by atomic mass is 9.79. The van der Waals surface area contributed by atoms with Gasteiger partial charge in [-0.1, -0.05) is 35.7 Å². The average Bonchev–Trinajstić information content (AvgIpc) is 2.41. The first-order valence-electron chi connectivity index (χ1n) is 6.32. The Labute approximate surface area is 123 Å². The summed E-state index contributed by atoms with van der Waals surface area (Å²) in [6, 6.07) is 8.65.